The van der Waals surface area contributed by atoms with Crippen molar-refractivity contribution >= 4 is 11.9 Å². The van der Waals surface area contributed by atoms with E-state index in [1.165, 1.54) is 77.0 Å². The minimum absolute atomic E-state index is 0.0134. The van der Waals surface area contributed by atoms with E-state index < -0.39 is 0 Å². The number of carbonyl (C=O) groups is 2. The summed E-state index contributed by atoms with van der Waals surface area (Å²) in [6.45, 7) is 9.86. The van der Waals surface area contributed by atoms with Crippen LogP contribution in [-0.2, 0) is 19.1 Å². The van der Waals surface area contributed by atoms with E-state index in [1.54, 1.807) is 0 Å². The summed E-state index contributed by atoms with van der Waals surface area (Å²) in [5.74, 6) is 0.435. The van der Waals surface area contributed by atoms with E-state index in [4.69, 9.17) is 9.47 Å². The van der Waals surface area contributed by atoms with Crippen LogP contribution in [0.5, 0.6) is 0 Å². The van der Waals surface area contributed by atoms with Gasteiger partial charge in [0.2, 0.25) is 0 Å². The third-order valence-corrected chi connectivity index (χ3v) is 7.01. The van der Waals surface area contributed by atoms with Gasteiger partial charge in [-0.1, -0.05) is 130 Å². The van der Waals surface area contributed by atoms with Crippen molar-refractivity contribution in [2.24, 2.45) is 11.8 Å². The molecule has 0 saturated carbocycles. The Morgan fingerprint density at radius 3 is 1.46 bits per heavy atom. The highest BCUT2D eigenvalue weighted by Crippen LogP contribution is 2.21. The third-order valence-electron chi connectivity index (χ3n) is 7.01. The van der Waals surface area contributed by atoms with Crippen LogP contribution in [0.15, 0.2) is 0 Å². The van der Waals surface area contributed by atoms with Crippen molar-refractivity contribution in [3.05, 3.63) is 0 Å². The number of ether oxygens (including phenoxy) is 2. The molecular formula is C31H60O4. The Morgan fingerprint density at radius 2 is 0.971 bits per heavy atom. The fraction of sp³-hybridized carbons (Fsp3) is 0.935. The highest BCUT2D eigenvalue weighted by atomic mass is 16.5. The molecule has 0 aromatic carbocycles. The van der Waals surface area contributed by atoms with Gasteiger partial charge in [0.25, 0.3) is 0 Å². The first kappa shape index (κ1) is 33.9. The summed E-state index contributed by atoms with van der Waals surface area (Å²) in [4.78, 5) is 24.1. The van der Waals surface area contributed by atoms with Gasteiger partial charge in [-0.25, -0.2) is 0 Å². The number of hydrogen-bond acceptors (Lipinski definition) is 4. The molecule has 0 aliphatic carbocycles. The van der Waals surface area contributed by atoms with E-state index in [1.807, 2.05) is 0 Å². The first-order valence-corrected chi connectivity index (χ1v) is 15.3. The van der Waals surface area contributed by atoms with Crippen molar-refractivity contribution in [1.82, 2.24) is 0 Å². The molecule has 4 nitrogen and oxygen atoms in total. The molecule has 0 amide bonds. The van der Waals surface area contributed by atoms with Gasteiger partial charge in [-0.15, -0.1) is 0 Å². The molecule has 4 heteroatoms. The molecule has 0 fully saturated rings. The van der Waals surface area contributed by atoms with Gasteiger partial charge < -0.3 is 9.47 Å². The van der Waals surface area contributed by atoms with Gasteiger partial charge in [0.1, 0.15) is 0 Å². The summed E-state index contributed by atoms with van der Waals surface area (Å²) in [6, 6.07) is 0. The molecule has 1 unspecified atom stereocenters. The lowest BCUT2D eigenvalue weighted by molar-refractivity contribution is -0.150. The van der Waals surface area contributed by atoms with E-state index in [0.717, 1.165) is 51.4 Å². The molecular weight excluding hydrogens is 436 g/mol. The van der Waals surface area contributed by atoms with Crippen molar-refractivity contribution < 1.29 is 19.1 Å². The maximum absolute atomic E-state index is 12.4. The number of esters is 2. The SMILES string of the molecule is CCCCCCOC(=O)CCCCCCCCCCCCCC(C(=O)OCCCCCC)C(C)C. The molecule has 1 atom stereocenters. The maximum Gasteiger partial charge on any atom is 0.309 e. The zero-order chi connectivity index (χ0) is 26.0. The zero-order valence-corrected chi connectivity index (χ0v) is 24.1. The molecule has 0 aliphatic heterocycles. The fourth-order valence-electron chi connectivity index (χ4n) is 4.54. The van der Waals surface area contributed by atoms with Crippen LogP contribution < -0.4 is 0 Å². The van der Waals surface area contributed by atoms with Gasteiger partial charge >= 0.3 is 11.9 Å². The predicted molar refractivity (Wildman–Crippen MR) is 149 cm³/mol. The fourth-order valence-corrected chi connectivity index (χ4v) is 4.54. The highest BCUT2D eigenvalue weighted by molar-refractivity contribution is 5.72. The molecule has 0 aliphatic rings. The Morgan fingerprint density at radius 1 is 0.543 bits per heavy atom. The van der Waals surface area contributed by atoms with Crippen molar-refractivity contribution in [2.75, 3.05) is 13.2 Å². The van der Waals surface area contributed by atoms with Gasteiger partial charge in [-0.2, -0.15) is 0 Å². The normalized spacial score (nSPS) is 12.1. The van der Waals surface area contributed by atoms with Crippen LogP contribution in [0.2, 0.25) is 0 Å². The minimum atomic E-state index is -0.0134. The van der Waals surface area contributed by atoms with Crippen LogP contribution in [-0.4, -0.2) is 25.2 Å². The van der Waals surface area contributed by atoms with E-state index in [2.05, 4.69) is 27.7 Å². The number of unbranched alkanes of at least 4 members (excludes halogenated alkanes) is 16. The van der Waals surface area contributed by atoms with Crippen LogP contribution in [0.1, 0.15) is 163 Å². The zero-order valence-electron chi connectivity index (χ0n) is 24.1. The molecule has 0 saturated heterocycles. The topological polar surface area (TPSA) is 52.6 Å². The average Bonchev–Trinajstić information content (AvgIpc) is 2.83. The largest absolute Gasteiger partial charge is 0.466 e. The number of hydrogen-bond donors (Lipinski definition) is 0. The monoisotopic (exact) mass is 496 g/mol. The van der Waals surface area contributed by atoms with E-state index in [0.29, 0.717) is 25.6 Å². The molecule has 0 N–H and O–H groups in total. The summed E-state index contributed by atoms with van der Waals surface area (Å²) < 4.78 is 10.8. The lowest BCUT2D eigenvalue weighted by Crippen LogP contribution is -2.23. The highest BCUT2D eigenvalue weighted by Gasteiger charge is 2.23. The van der Waals surface area contributed by atoms with Crippen LogP contribution in [0, 0.1) is 11.8 Å². The van der Waals surface area contributed by atoms with Crippen LogP contribution in [0.25, 0.3) is 0 Å². The number of rotatable bonds is 26. The van der Waals surface area contributed by atoms with E-state index in [-0.39, 0.29) is 17.9 Å². The Hall–Kier alpha value is -1.06. The first-order valence-electron chi connectivity index (χ1n) is 15.3. The van der Waals surface area contributed by atoms with Gasteiger partial charge in [0, 0.05) is 6.42 Å². The summed E-state index contributed by atoms with van der Waals surface area (Å²) in [5.41, 5.74) is 0. The number of carbonyl (C=O) groups excluding carboxylic acids is 2. The van der Waals surface area contributed by atoms with Gasteiger partial charge in [0.05, 0.1) is 19.1 Å². The minimum Gasteiger partial charge on any atom is -0.466 e. The van der Waals surface area contributed by atoms with Crippen LogP contribution in [0.4, 0.5) is 0 Å². The maximum atomic E-state index is 12.4. The van der Waals surface area contributed by atoms with Crippen LogP contribution >= 0.6 is 0 Å². The van der Waals surface area contributed by atoms with Gasteiger partial charge in [-0.3, -0.25) is 9.59 Å². The Kier molecular flexibility index (Phi) is 25.2. The second-order valence-electron chi connectivity index (χ2n) is 10.8. The lowest BCUT2D eigenvalue weighted by Gasteiger charge is -2.19. The second-order valence-corrected chi connectivity index (χ2v) is 10.8. The van der Waals surface area contributed by atoms with Crippen molar-refractivity contribution in [3.63, 3.8) is 0 Å². The standard InChI is InChI=1S/C31H60O4/c1-5-7-9-22-26-34-30(32)25-21-19-17-15-13-11-12-14-16-18-20-24-29(28(3)4)31(33)35-27-23-10-8-6-2/h28-29H,5-27H2,1-4H3. The van der Waals surface area contributed by atoms with Gasteiger partial charge in [-0.05, 0) is 31.6 Å². The second kappa shape index (κ2) is 26.0. The smallest absolute Gasteiger partial charge is 0.309 e. The Balaban J connectivity index is 3.51. The summed E-state index contributed by atoms with van der Waals surface area (Å²) in [7, 11) is 0. The molecule has 208 valence electrons. The van der Waals surface area contributed by atoms with Crippen LogP contribution in [0.3, 0.4) is 0 Å². The molecule has 0 heterocycles. The van der Waals surface area contributed by atoms with Crippen molar-refractivity contribution in [1.29, 1.82) is 0 Å². The van der Waals surface area contributed by atoms with Crippen molar-refractivity contribution in [2.45, 2.75) is 163 Å². The summed E-state index contributed by atoms with van der Waals surface area (Å²) >= 11 is 0. The molecule has 0 bridgehead atoms. The van der Waals surface area contributed by atoms with Crippen molar-refractivity contribution in [3.8, 4) is 0 Å². The molecule has 0 radical (unpaired) electrons. The van der Waals surface area contributed by atoms with Gasteiger partial charge in [0.15, 0.2) is 0 Å². The average molecular weight is 497 g/mol. The summed E-state index contributed by atoms with van der Waals surface area (Å²) in [6.07, 6.45) is 24.3. The molecule has 0 rings (SSSR count). The third kappa shape index (κ3) is 23.1. The Bertz CT molecular complexity index is 475. The molecule has 0 aromatic rings. The molecule has 0 spiro atoms. The Labute approximate surface area is 218 Å². The van der Waals surface area contributed by atoms with E-state index >= 15 is 0 Å². The van der Waals surface area contributed by atoms with E-state index in [9.17, 15) is 9.59 Å². The first-order chi connectivity index (χ1) is 17.0. The summed E-state index contributed by atoms with van der Waals surface area (Å²) in [5, 5.41) is 0. The quantitative estimate of drug-likeness (QED) is 0.0883. The molecule has 35 heavy (non-hydrogen) atoms. The lowest BCUT2D eigenvalue weighted by atomic mass is 9.90. The predicted octanol–water partition coefficient (Wildman–Crippen LogP) is 9.58. The molecule has 0 aromatic heterocycles.